The molecule has 1 unspecified atom stereocenters. The Labute approximate surface area is 255 Å². The summed E-state index contributed by atoms with van der Waals surface area (Å²) < 4.78 is 29.4. The molecule has 5 aromatic rings. The first-order valence-corrected chi connectivity index (χ1v) is 14.1. The number of likely N-dealkylation sites (tertiary alicyclic amines) is 1. The third-order valence-electron chi connectivity index (χ3n) is 7.62. The first kappa shape index (κ1) is 28.8. The van der Waals surface area contributed by atoms with E-state index < -0.39 is 18.0 Å². The van der Waals surface area contributed by atoms with Gasteiger partial charge in [0.1, 0.15) is 23.4 Å². The number of anilines is 3. The maximum atomic E-state index is 13.9. The van der Waals surface area contributed by atoms with Crippen LogP contribution >= 0.6 is 11.6 Å². The van der Waals surface area contributed by atoms with Crippen molar-refractivity contribution in [2.45, 2.75) is 24.9 Å². The second kappa shape index (κ2) is 12.1. The smallest absolute Gasteiger partial charge is 0.407 e. The second-order valence-electron chi connectivity index (χ2n) is 10.4. The second-order valence-corrected chi connectivity index (χ2v) is 10.8. The summed E-state index contributed by atoms with van der Waals surface area (Å²) in [5.74, 6) is -0.933. The summed E-state index contributed by atoms with van der Waals surface area (Å²) in [6, 6.07) is 17.4. The Morgan fingerprint density at radius 3 is 2.52 bits per heavy atom. The number of pyridine rings is 1. The van der Waals surface area contributed by atoms with Gasteiger partial charge >= 0.3 is 6.09 Å². The van der Waals surface area contributed by atoms with Gasteiger partial charge in [-0.05, 0) is 66.9 Å². The molecule has 0 radical (unpaired) electrons. The number of aromatic nitrogens is 4. The van der Waals surface area contributed by atoms with E-state index in [1.54, 1.807) is 22.9 Å². The van der Waals surface area contributed by atoms with Gasteiger partial charge in [-0.25, -0.2) is 18.3 Å². The van der Waals surface area contributed by atoms with Crippen LogP contribution in [0.2, 0.25) is 5.02 Å². The fourth-order valence-electron chi connectivity index (χ4n) is 5.29. The number of hydrogen-bond acceptors (Lipinski definition) is 7. The molecular weight excluding hydrogens is 590 g/mol. The van der Waals surface area contributed by atoms with Gasteiger partial charge in [-0.15, -0.1) is 5.10 Å². The summed E-state index contributed by atoms with van der Waals surface area (Å²) in [4.78, 5) is 17.1. The van der Waals surface area contributed by atoms with E-state index in [4.69, 9.17) is 11.6 Å². The van der Waals surface area contributed by atoms with E-state index in [0.717, 1.165) is 5.56 Å². The van der Waals surface area contributed by atoms with Gasteiger partial charge in [0, 0.05) is 36.0 Å². The zero-order valence-electron chi connectivity index (χ0n) is 23.1. The van der Waals surface area contributed by atoms with E-state index in [2.05, 4.69) is 32.0 Å². The van der Waals surface area contributed by atoms with Gasteiger partial charge in [-0.2, -0.15) is 5.26 Å². The number of fused-ring (bicyclic) bond motifs is 1. The third kappa shape index (κ3) is 5.95. The van der Waals surface area contributed by atoms with Gasteiger partial charge in [0.2, 0.25) is 0 Å². The first-order chi connectivity index (χ1) is 21.3. The van der Waals surface area contributed by atoms with Crippen LogP contribution in [-0.4, -0.2) is 49.2 Å². The monoisotopic (exact) mass is 614 g/mol. The van der Waals surface area contributed by atoms with Crippen LogP contribution < -0.4 is 10.6 Å². The largest absolute Gasteiger partial charge is 0.465 e. The van der Waals surface area contributed by atoms with Gasteiger partial charge in [0.05, 0.1) is 40.1 Å². The van der Waals surface area contributed by atoms with Crippen LogP contribution in [0.1, 0.15) is 41.7 Å². The predicted octanol–water partition coefficient (Wildman–Crippen LogP) is 6.89. The number of nitrogens with one attached hydrogen (secondary N) is 2. The number of carbonyl (C=O) groups is 1. The maximum Gasteiger partial charge on any atom is 0.407 e. The Morgan fingerprint density at radius 1 is 1.07 bits per heavy atom. The molecule has 13 heteroatoms. The molecule has 3 N–H and O–H groups in total. The lowest BCUT2D eigenvalue weighted by Gasteiger charge is -2.29. The number of benzene rings is 3. The lowest BCUT2D eigenvalue weighted by molar-refractivity contribution is 0.123. The minimum atomic E-state index is -0.935. The summed E-state index contributed by atoms with van der Waals surface area (Å²) in [6.45, 7) is 0.816. The van der Waals surface area contributed by atoms with E-state index in [1.165, 1.54) is 41.4 Å². The molecule has 6 rings (SSSR count). The Hall–Kier alpha value is -5.28. The SMILES string of the molecule is N#Cc1cnc2ccc(NC(c3ccc(F)cc3)c3cn(C4CCN(C(=O)O)CC4)nn3)cc2c1Nc1ccc(F)c(Cl)c1. The van der Waals surface area contributed by atoms with Crippen molar-refractivity contribution in [3.8, 4) is 6.07 Å². The molecule has 2 aromatic heterocycles. The molecule has 1 saturated heterocycles. The van der Waals surface area contributed by atoms with Gasteiger partial charge < -0.3 is 20.6 Å². The number of halogens is 3. The van der Waals surface area contributed by atoms with E-state index in [0.29, 0.717) is 59.6 Å². The van der Waals surface area contributed by atoms with E-state index >= 15 is 0 Å². The summed E-state index contributed by atoms with van der Waals surface area (Å²) in [5, 5.41) is 35.1. The molecule has 0 aliphatic carbocycles. The normalized spacial score (nSPS) is 14.3. The molecule has 44 heavy (non-hydrogen) atoms. The number of hydrogen-bond donors (Lipinski definition) is 3. The molecular formula is C31H25ClF2N8O2. The molecule has 1 amide bonds. The van der Waals surface area contributed by atoms with Crippen LogP contribution in [0.4, 0.5) is 30.6 Å². The van der Waals surface area contributed by atoms with Crippen LogP contribution in [-0.2, 0) is 0 Å². The molecule has 0 spiro atoms. The lowest BCUT2D eigenvalue weighted by Crippen LogP contribution is -2.38. The number of nitrogens with zero attached hydrogens (tertiary/aromatic N) is 6. The molecule has 1 aliphatic rings. The quantitative estimate of drug-likeness (QED) is 0.181. The van der Waals surface area contributed by atoms with Crippen molar-refractivity contribution in [3.63, 3.8) is 0 Å². The number of rotatable bonds is 7. The summed E-state index contributed by atoms with van der Waals surface area (Å²) in [7, 11) is 0. The van der Waals surface area contributed by atoms with Crippen LogP contribution in [0.15, 0.2) is 73.1 Å². The maximum absolute atomic E-state index is 13.9. The molecule has 1 aliphatic heterocycles. The van der Waals surface area contributed by atoms with Gasteiger partial charge in [0.25, 0.3) is 0 Å². The van der Waals surface area contributed by atoms with Crippen molar-refractivity contribution in [3.05, 3.63) is 107 Å². The van der Waals surface area contributed by atoms with Crippen LogP contribution in [0.25, 0.3) is 10.9 Å². The van der Waals surface area contributed by atoms with Crippen molar-refractivity contribution in [2.75, 3.05) is 23.7 Å². The Kier molecular flexibility index (Phi) is 7.95. The molecule has 3 aromatic carbocycles. The van der Waals surface area contributed by atoms with Crippen molar-refractivity contribution >= 4 is 45.7 Å². The standard InChI is InChI=1S/C31H25ClF2N8O2/c32-25-14-22(5-7-26(25)34)37-29-19(15-35)16-36-27-8-6-21(13-24(27)29)38-30(18-1-3-20(33)4-2-18)28-17-42(40-39-28)23-9-11-41(12-10-23)31(43)44/h1-8,13-14,16-17,23,30,38H,9-12H2,(H,36,37)(H,43,44). The summed E-state index contributed by atoms with van der Waals surface area (Å²) >= 11 is 5.99. The minimum Gasteiger partial charge on any atom is -0.465 e. The molecule has 0 bridgehead atoms. The van der Waals surface area contributed by atoms with Crippen LogP contribution in [0.5, 0.6) is 0 Å². The zero-order valence-corrected chi connectivity index (χ0v) is 23.8. The molecule has 3 heterocycles. The van der Waals surface area contributed by atoms with E-state index in [-0.39, 0.29) is 22.4 Å². The van der Waals surface area contributed by atoms with Gasteiger partial charge in [-0.1, -0.05) is 28.9 Å². The molecule has 10 nitrogen and oxygen atoms in total. The fourth-order valence-corrected chi connectivity index (χ4v) is 5.47. The van der Waals surface area contributed by atoms with Crippen molar-refractivity contribution in [1.82, 2.24) is 24.9 Å². The number of carboxylic acid groups (broad SMARTS) is 1. The Morgan fingerprint density at radius 2 is 1.82 bits per heavy atom. The van der Waals surface area contributed by atoms with Crippen molar-refractivity contribution < 1.29 is 18.7 Å². The molecule has 0 saturated carbocycles. The Bertz CT molecular complexity index is 1880. The Balaban J connectivity index is 1.34. The van der Waals surface area contributed by atoms with E-state index in [9.17, 15) is 23.9 Å². The summed E-state index contributed by atoms with van der Waals surface area (Å²) in [6.07, 6.45) is 3.57. The number of nitriles is 1. The molecule has 222 valence electrons. The zero-order chi connectivity index (χ0) is 30.8. The third-order valence-corrected chi connectivity index (χ3v) is 7.91. The molecule has 1 atom stereocenters. The van der Waals surface area contributed by atoms with Crippen LogP contribution in [0.3, 0.4) is 0 Å². The molecule has 1 fully saturated rings. The highest BCUT2D eigenvalue weighted by Crippen LogP contribution is 2.34. The number of piperidine rings is 1. The minimum absolute atomic E-state index is 0.00883. The fraction of sp³-hybridized carbons (Fsp3) is 0.194. The summed E-state index contributed by atoms with van der Waals surface area (Å²) in [5.41, 5.74) is 3.84. The first-order valence-electron chi connectivity index (χ1n) is 13.8. The highest BCUT2D eigenvalue weighted by Gasteiger charge is 2.26. The van der Waals surface area contributed by atoms with E-state index in [1.807, 2.05) is 18.3 Å². The lowest BCUT2D eigenvalue weighted by atomic mass is 10.0. The highest BCUT2D eigenvalue weighted by atomic mass is 35.5. The highest BCUT2D eigenvalue weighted by molar-refractivity contribution is 6.31. The van der Waals surface area contributed by atoms with Gasteiger partial charge in [0.15, 0.2) is 0 Å². The number of amides is 1. The van der Waals surface area contributed by atoms with Crippen molar-refractivity contribution in [2.24, 2.45) is 0 Å². The van der Waals surface area contributed by atoms with Crippen LogP contribution in [0, 0.1) is 23.0 Å². The average molecular weight is 615 g/mol. The predicted molar refractivity (Wildman–Crippen MR) is 161 cm³/mol. The topological polar surface area (TPSA) is 132 Å². The average Bonchev–Trinajstić information content (AvgIpc) is 3.52. The van der Waals surface area contributed by atoms with Gasteiger partial charge in [-0.3, -0.25) is 4.98 Å². The van der Waals surface area contributed by atoms with Crippen molar-refractivity contribution in [1.29, 1.82) is 5.26 Å².